The highest BCUT2D eigenvalue weighted by atomic mass is 32.2. The number of carbonyl (C=O) groups is 2. The van der Waals surface area contributed by atoms with E-state index in [4.69, 9.17) is 0 Å². The van der Waals surface area contributed by atoms with Gasteiger partial charge in [0.05, 0.1) is 6.54 Å². The van der Waals surface area contributed by atoms with E-state index in [-0.39, 0.29) is 12.3 Å². The molecule has 1 aromatic carbocycles. The number of Topliss-reactive ketones (excluding diaryl/α,β-unsaturated/α-hetero) is 1. The van der Waals surface area contributed by atoms with Crippen molar-refractivity contribution in [1.82, 2.24) is 9.03 Å². The predicted octanol–water partition coefficient (Wildman–Crippen LogP) is 0.224. The van der Waals surface area contributed by atoms with Crippen molar-refractivity contribution < 1.29 is 18.0 Å². The molecule has 0 heterocycles. The van der Waals surface area contributed by atoms with Crippen molar-refractivity contribution in [2.75, 3.05) is 26.0 Å². The Morgan fingerprint density at radius 3 is 2.45 bits per heavy atom. The molecule has 0 atom stereocenters. The lowest BCUT2D eigenvalue weighted by Gasteiger charge is -2.12. The molecule has 0 aliphatic carbocycles. The topological polar surface area (TPSA) is 95.6 Å². The Morgan fingerprint density at radius 1 is 1.25 bits per heavy atom. The van der Waals surface area contributed by atoms with Gasteiger partial charge in [0, 0.05) is 25.3 Å². The molecule has 0 saturated carbocycles. The molecule has 0 unspecified atom stereocenters. The second kappa shape index (κ2) is 6.60. The van der Waals surface area contributed by atoms with Crippen molar-refractivity contribution in [2.45, 2.75) is 6.92 Å². The minimum absolute atomic E-state index is 0.116. The van der Waals surface area contributed by atoms with Gasteiger partial charge in [-0.25, -0.2) is 0 Å². The van der Waals surface area contributed by atoms with Gasteiger partial charge in [-0.1, -0.05) is 12.1 Å². The average Bonchev–Trinajstić information content (AvgIpc) is 2.36. The molecule has 0 aliphatic heterocycles. The minimum Gasteiger partial charge on any atom is -0.325 e. The number of anilines is 1. The molecule has 2 N–H and O–H groups in total. The van der Waals surface area contributed by atoms with Gasteiger partial charge in [0.25, 0.3) is 10.2 Å². The third-order valence-electron chi connectivity index (χ3n) is 2.45. The Balaban J connectivity index is 2.64. The Bertz CT molecular complexity index is 611. The third kappa shape index (κ3) is 4.72. The van der Waals surface area contributed by atoms with Crippen molar-refractivity contribution in [3.63, 3.8) is 0 Å². The van der Waals surface area contributed by atoms with E-state index in [2.05, 4.69) is 10.0 Å². The minimum atomic E-state index is -3.64. The zero-order valence-corrected chi connectivity index (χ0v) is 12.3. The largest absolute Gasteiger partial charge is 0.325 e. The standard InChI is InChI=1S/C12H17N3O4S/c1-9(16)10-5-4-6-11(7-10)14-12(17)8-13-20(18,19)15(2)3/h4-7,13H,8H2,1-3H3,(H,14,17). The zero-order valence-electron chi connectivity index (χ0n) is 11.5. The van der Waals surface area contributed by atoms with E-state index in [0.717, 1.165) is 4.31 Å². The van der Waals surface area contributed by atoms with E-state index < -0.39 is 16.1 Å². The molecule has 0 radical (unpaired) electrons. The molecule has 1 amide bonds. The Labute approximate surface area is 118 Å². The summed E-state index contributed by atoms with van der Waals surface area (Å²) in [6, 6.07) is 6.41. The molecule has 0 bridgehead atoms. The highest BCUT2D eigenvalue weighted by molar-refractivity contribution is 7.87. The lowest BCUT2D eigenvalue weighted by atomic mass is 10.1. The van der Waals surface area contributed by atoms with Crippen LogP contribution in [-0.2, 0) is 15.0 Å². The van der Waals surface area contributed by atoms with E-state index in [0.29, 0.717) is 11.3 Å². The number of amides is 1. The first-order valence-corrected chi connectivity index (χ1v) is 7.24. The monoisotopic (exact) mass is 299 g/mol. The van der Waals surface area contributed by atoms with Gasteiger partial charge in [-0.2, -0.15) is 17.4 Å². The van der Waals surface area contributed by atoms with Gasteiger partial charge < -0.3 is 5.32 Å². The van der Waals surface area contributed by atoms with Crippen molar-refractivity contribution in [1.29, 1.82) is 0 Å². The number of ketones is 1. The summed E-state index contributed by atoms with van der Waals surface area (Å²) in [5, 5.41) is 2.51. The fourth-order valence-electron chi connectivity index (χ4n) is 1.31. The second-order valence-electron chi connectivity index (χ2n) is 4.29. The van der Waals surface area contributed by atoms with Crippen molar-refractivity contribution in [3.8, 4) is 0 Å². The van der Waals surface area contributed by atoms with E-state index in [1.807, 2.05) is 0 Å². The van der Waals surface area contributed by atoms with Crippen LogP contribution < -0.4 is 10.0 Å². The fraction of sp³-hybridized carbons (Fsp3) is 0.333. The molecule has 7 nitrogen and oxygen atoms in total. The predicted molar refractivity (Wildman–Crippen MR) is 75.7 cm³/mol. The molecule has 1 rings (SSSR count). The summed E-state index contributed by atoms with van der Waals surface area (Å²) in [6.07, 6.45) is 0. The Morgan fingerprint density at radius 2 is 1.90 bits per heavy atom. The molecule has 0 spiro atoms. The van der Waals surface area contributed by atoms with E-state index in [1.54, 1.807) is 18.2 Å². The molecule has 0 aliphatic rings. The molecule has 0 aromatic heterocycles. The van der Waals surface area contributed by atoms with Gasteiger partial charge >= 0.3 is 0 Å². The van der Waals surface area contributed by atoms with Crippen LogP contribution in [0.5, 0.6) is 0 Å². The van der Waals surface area contributed by atoms with Crippen LogP contribution >= 0.6 is 0 Å². The average molecular weight is 299 g/mol. The summed E-state index contributed by atoms with van der Waals surface area (Å²) in [6.45, 7) is 1.04. The van der Waals surface area contributed by atoms with Gasteiger partial charge in [0.15, 0.2) is 5.78 Å². The molecule has 1 aromatic rings. The van der Waals surface area contributed by atoms with Gasteiger partial charge in [-0.05, 0) is 19.1 Å². The molecule has 8 heteroatoms. The smallest absolute Gasteiger partial charge is 0.279 e. The molecular weight excluding hydrogens is 282 g/mol. The Hall–Kier alpha value is -1.77. The second-order valence-corrected chi connectivity index (χ2v) is 6.26. The lowest BCUT2D eigenvalue weighted by Crippen LogP contribution is -2.40. The lowest BCUT2D eigenvalue weighted by molar-refractivity contribution is -0.115. The van der Waals surface area contributed by atoms with Crippen LogP contribution in [0.3, 0.4) is 0 Å². The molecule has 0 fully saturated rings. The van der Waals surface area contributed by atoms with Gasteiger partial charge in [0.2, 0.25) is 5.91 Å². The summed E-state index contributed by atoms with van der Waals surface area (Å²) in [4.78, 5) is 22.8. The van der Waals surface area contributed by atoms with Gasteiger partial charge in [-0.15, -0.1) is 0 Å². The quantitative estimate of drug-likeness (QED) is 0.735. The normalized spacial score (nSPS) is 11.4. The fourth-order valence-corrected chi connectivity index (χ4v) is 1.88. The van der Waals surface area contributed by atoms with Crippen LogP contribution in [0.4, 0.5) is 5.69 Å². The number of rotatable bonds is 6. The number of carbonyl (C=O) groups excluding carboxylic acids is 2. The van der Waals surface area contributed by atoms with Crippen LogP contribution in [-0.4, -0.2) is 45.1 Å². The first kappa shape index (κ1) is 16.3. The summed E-state index contributed by atoms with van der Waals surface area (Å²) in [7, 11) is -0.923. The van der Waals surface area contributed by atoms with Crippen LogP contribution in [0.15, 0.2) is 24.3 Å². The number of nitrogens with zero attached hydrogens (tertiary/aromatic N) is 1. The molecule has 110 valence electrons. The summed E-state index contributed by atoms with van der Waals surface area (Å²) >= 11 is 0. The maximum atomic E-state index is 11.6. The Kier molecular flexibility index (Phi) is 5.37. The summed E-state index contributed by atoms with van der Waals surface area (Å²) < 4.78 is 25.9. The number of hydrogen-bond donors (Lipinski definition) is 2. The summed E-state index contributed by atoms with van der Waals surface area (Å²) in [5.74, 6) is -0.634. The van der Waals surface area contributed by atoms with Crippen LogP contribution in [0, 0.1) is 0 Å². The first-order chi connectivity index (χ1) is 9.22. The van der Waals surface area contributed by atoms with E-state index >= 15 is 0 Å². The van der Waals surface area contributed by atoms with Gasteiger partial charge in [-0.3, -0.25) is 9.59 Å². The highest BCUT2D eigenvalue weighted by Gasteiger charge is 2.14. The van der Waals surface area contributed by atoms with Crippen LogP contribution in [0.25, 0.3) is 0 Å². The first-order valence-electron chi connectivity index (χ1n) is 5.80. The number of hydrogen-bond acceptors (Lipinski definition) is 4. The molecule has 0 saturated heterocycles. The van der Waals surface area contributed by atoms with E-state index in [1.165, 1.54) is 27.1 Å². The van der Waals surface area contributed by atoms with E-state index in [9.17, 15) is 18.0 Å². The van der Waals surface area contributed by atoms with Crippen molar-refractivity contribution in [2.24, 2.45) is 0 Å². The number of nitrogens with one attached hydrogen (secondary N) is 2. The highest BCUT2D eigenvalue weighted by Crippen LogP contribution is 2.10. The summed E-state index contributed by atoms with van der Waals surface area (Å²) in [5.41, 5.74) is 0.906. The van der Waals surface area contributed by atoms with Crippen LogP contribution in [0.1, 0.15) is 17.3 Å². The van der Waals surface area contributed by atoms with Crippen molar-refractivity contribution >= 4 is 27.6 Å². The maximum absolute atomic E-state index is 11.6. The number of benzene rings is 1. The van der Waals surface area contributed by atoms with Crippen molar-refractivity contribution in [3.05, 3.63) is 29.8 Å². The zero-order chi connectivity index (χ0) is 15.3. The third-order valence-corrected chi connectivity index (χ3v) is 3.92. The maximum Gasteiger partial charge on any atom is 0.279 e. The molecular formula is C12H17N3O4S. The van der Waals surface area contributed by atoms with Crippen LogP contribution in [0.2, 0.25) is 0 Å². The molecule has 20 heavy (non-hydrogen) atoms. The SMILES string of the molecule is CC(=O)c1cccc(NC(=O)CNS(=O)(=O)N(C)C)c1. The van der Waals surface area contributed by atoms with Gasteiger partial charge in [0.1, 0.15) is 0 Å².